The van der Waals surface area contributed by atoms with E-state index in [0.717, 1.165) is 23.8 Å². The van der Waals surface area contributed by atoms with E-state index in [1.165, 1.54) is 25.6 Å². The second kappa shape index (κ2) is 4.15. The second-order valence-corrected chi connectivity index (χ2v) is 7.41. The normalized spacial score (nSPS) is 35.0. The molecule has 0 aliphatic heterocycles. The summed E-state index contributed by atoms with van der Waals surface area (Å²) in [5, 5.41) is 19.3. The van der Waals surface area contributed by atoms with Gasteiger partial charge < -0.3 is 10.1 Å². The van der Waals surface area contributed by atoms with E-state index in [1.807, 2.05) is 0 Å². The van der Waals surface area contributed by atoms with Gasteiger partial charge in [0.15, 0.2) is 0 Å². The highest BCUT2D eigenvalue weighted by Gasteiger charge is 2.54. The SMILES string of the molecule is O=c1c([N+](=O)[O-])nn(C23CC4CC(CC(C4)C2)C3)c2ncnn12. The molecule has 2 heterocycles. The van der Waals surface area contributed by atoms with Crippen molar-refractivity contribution in [1.29, 1.82) is 0 Å². The Morgan fingerprint density at radius 2 is 1.78 bits per heavy atom. The summed E-state index contributed by atoms with van der Waals surface area (Å²) in [6, 6.07) is 0. The lowest BCUT2D eigenvalue weighted by atomic mass is 9.53. The van der Waals surface area contributed by atoms with E-state index < -0.39 is 16.3 Å². The highest BCUT2D eigenvalue weighted by molar-refractivity contribution is 5.31. The second-order valence-electron chi connectivity index (χ2n) is 7.41. The molecule has 0 amide bonds. The van der Waals surface area contributed by atoms with Crippen LogP contribution < -0.4 is 5.56 Å². The summed E-state index contributed by atoms with van der Waals surface area (Å²) in [5.74, 6) is 1.62. The van der Waals surface area contributed by atoms with E-state index in [-0.39, 0.29) is 5.54 Å². The third kappa shape index (κ3) is 1.67. The molecule has 2 aromatic rings. The molecule has 0 N–H and O–H groups in total. The maximum absolute atomic E-state index is 12.2. The first-order valence-electron chi connectivity index (χ1n) is 8.04. The van der Waals surface area contributed by atoms with Gasteiger partial charge in [-0.25, -0.2) is 0 Å². The lowest BCUT2D eigenvalue weighted by Gasteiger charge is -2.55. The fourth-order valence-corrected chi connectivity index (χ4v) is 5.56. The lowest BCUT2D eigenvalue weighted by molar-refractivity contribution is -0.392. The first-order chi connectivity index (χ1) is 11.1. The van der Waals surface area contributed by atoms with Gasteiger partial charge >= 0.3 is 11.4 Å². The smallest absolute Gasteiger partial charge is 0.358 e. The maximum Gasteiger partial charge on any atom is 0.455 e. The van der Waals surface area contributed by atoms with E-state index in [0.29, 0.717) is 23.5 Å². The number of fused-ring (bicyclic) bond motifs is 1. The van der Waals surface area contributed by atoms with Gasteiger partial charge in [-0.3, -0.25) is 4.79 Å². The fourth-order valence-electron chi connectivity index (χ4n) is 5.56. The Balaban J connectivity index is 1.77. The van der Waals surface area contributed by atoms with Crippen LogP contribution in [0.4, 0.5) is 5.82 Å². The minimum Gasteiger partial charge on any atom is -0.358 e. The monoisotopic (exact) mass is 316 g/mol. The van der Waals surface area contributed by atoms with Crippen molar-refractivity contribution in [2.45, 2.75) is 44.1 Å². The van der Waals surface area contributed by atoms with Gasteiger partial charge in [-0.1, -0.05) is 0 Å². The first-order valence-corrected chi connectivity index (χ1v) is 8.04. The van der Waals surface area contributed by atoms with E-state index in [1.54, 1.807) is 4.68 Å². The van der Waals surface area contributed by atoms with Gasteiger partial charge in [0.25, 0.3) is 5.78 Å². The van der Waals surface area contributed by atoms with Gasteiger partial charge in [-0.2, -0.15) is 9.50 Å². The van der Waals surface area contributed by atoms with E-state index in [4.69, 9.17) is 0 Å². The zero-order valence-electron chi connectivity index (χ0n) is 12.5. The Labute approximate surface area is 130 Å². The summed E-state index contributed by atoms with van der Waals surface area (Å²) in [6.45, 7) is 0. The van der Waals surface area contributed by atoms with Crippen LogP contribution in [0.3, 0.4) is 0 Å². The van der Waals surface area contributed by atoms with Crippen molar-refractivity contribution >= 4 is 11.6 Å². The van der Waals surface area contributed by atoms with Crippen LogP contribution >= 0.6 is 0 Å². The highest BCUT2D eigenvalue weighted by atomic mass is 16.6. The molecule has 4 aliphatic carbocycles. The van der Waals surface area contributed by atoms with Gasteiger partial charge in [-0.05, 0) is 61.2 Å². The van der Waals surface area contributed by atoms with Crippen LogP contribution in [-0.4, -0.2) is 29.3 Å². The molecule has 0 atom stereocenters. The van der Waals surface area contributed by atoms with Crippen LogP contribution in [0.5, 0.6) is 0 Å². The molecule has 0 saturated heterocycles. The molecule has 4 aliphatic rings. The molecule has 4 fully saturated rings. The number of nitrogens with zero attached hydrogens (tertiary/aromatic N) is 6. The predicted octanol–water partition coefficient (Wildman–Crippen LogP) is 1.12. The molecule has 6 rings (SSSR count). The summed E-state index contributed by atoms with van der Waals surface area (Å²) in [6.07, 6.45) is 7.93. The number of nitro groups is 1. The molecule has 23 heavy (non-hydrogen) atoms. The average Bonchev–Trinajstić information content (AvgIpc) is 2.95. The van der Waals surface area contributed by atoms with Crippen LogP contribution in [0.15, 0.2) is 11.1 Å². The molecular formula is C14H16N6O3. The Kier molecular flexibility index (Phi) is 2.37. The minimum atomic E-state index is -0.816. The number of aromatic nitrogens is 5. The molecule has 4 saturated carbocycles. The van der Waals surface area contributed by atoms with Crippen molar-refractivity contribution < 1.29 is 4.92 Å². The van der Waals surface area contributed by atoms with Gasteiger partial charge in [-0.15, -0.1) is 9.78 Å². The van der Waals surface area contributed by atoms with Gasteiger partial charge in [0.1, 0.15) is 6.33 Å². The maximum atomic E-state index is 12.2. The lowest BCUT2D eigenvalue weighted by Crippen LogP contribution is -2.53. The zero-order valence-corrected chi connectivity index (χ0v) is 12.5. The standard InChI is InChI=1S/C14H16N6O3/c21-12-11(20(22)23)17-19(13-15-7-16-18(12)13)14-4-8-1-9(5-14)3-10(2-8)6-14/h7-10H,1-6H2. The van der Waals surface area contributed by atoms with Crippen molar-refractivity contribution in [2.24, 2.45) is 17.8 Å². The van der Waals surface area contributed by atoms with Crippen molar-refractivity contribution in [3.05, 3.63) is 26.8 Å². The van der Waals surface area contributed by atoms with Crippen LogP contribution in [0, 0.1) is 27.9 Å². The minimum absolute atomic E-state index is 0.249. The van der Waals surface area contributed by atoms with Crippen LogP contribution in [0.25, 0.3) is 5.78 Å². The third-order valence-electron chi connectivity index (χ3n) is 5.93. The summed E-state index contributed by atoms with van der Waals surface area (Å²) >= 11 is 0. The van der Waals surface area contributed by atoms with Gasteiger partial charge in [0, 0.05) is 0 Å². The number of rotatable bonds is 2. The molecule has 2 aromatic heterocycles. The van der Waals surface area contributed by atoms with Crippen molar-refractivity contribution in [2.75, 3.05) is 0 Å². The molecule has 4 bridgehead atoms. The zero-order chi connectivity index (χ0) is 15.8. The molecule has 9 nitrogen and oxygen atoms in total. The third-order valence-corrected chi connectivity index (χ3v) is 5.93. The number of hydrogen-bond acceptors (Lipinski definition) is 6. The van der Waals surface area contributed by atoms with Gasteiger partial charge in [0.2, 0.25) is 0 Å². The quantitative estimate of drug-likeness (QED) is 0.607. The molecular weight excluding hydrogens is 300 g/mol. The Bertz CT molecular complexity index is 849. The van der Waals surface area contributed by atoms with Crippen molar-refractivity contribution in [3.8, 4) is 0 Å². The van der Waals surface area contributed by atoms with Crippen molar-refractivity contribution in [1.82, 2.24) is 24.4 Å². The summed E-state index contributed by atoms with van der Waals surface area (Å²) < 4.78 is 2.67. The van der Waals surface area contributed by atoms with E-state index in [2.05, 4.69) is 15.2 Å². The topological polar surface area (TPSA) is 108 Å². The largest absolute Gasteiger partial charge is 0.455 e. The molecule has 0 radical (unpaired) electrons. The fraction of sp³-hybridized carbons (Fsp3) is 0.714. The first kappa shape index (κ1) is 13.1. The molecule has 0 aromatic carbocycles. The van der Waals surface area contributed by atoms with Crippen LogP contribution in [0.2, 0.25) is 0 Å². The Morgan fingerprint density at radius 3 is 2.35 bits per heavy atom. The molecule has 0 spiro atoms. The molecule has 0 unspecified atom stereocenters. The van der Waals surface area contributed by atoms with E-state index in [9.17, 15) is 14.9 Å². The number of hydrogen-bond donors (Lipinski definition) is 0. The van der Waals surface area contributed by atoms with Gasteiger partial charge in [0.05, 0.1) is 10.6 Å². The molecule has 120 valence electrons. The Morgan fingerprint density at radius 1 is 1.17 bits per heavy atom. The van der Waals surface area contributed by atoms with Crippen LogP contribution in [-0.2, 0) is 5.54 Å². The summed E-state index contributed by atoms with van der Waals surface area (Å²) in [5.41, 5.74) is -1.06. The van der Waals surface area contributed by atoms with Crippen molar-refractivity contribution in [3.63, 3.8) is 0 Å². The summed E-state index contributed by atoms with van der Waals surface area (Å²) in [4.78, 5) is 26.8. The summed E-state index contributed by atoms with van der Waals surface area (Å²) in [7, 11) is 0. The van der Waals surface area contributed by atoms with E-state index >= 15 is 0 Å². The highest BCUT2D eigenvalue weighted by Crippen LogP contribution is 2.58. The molecule has 9 heteroatoms. The Hall–Kier alpha value is -2.32. The van der Waals surface area contributed by atoms with Crippen LogP contribution in [0.1, 0.15) is 38.5 Å². The average molecular weight is 316 g/mol. The predicted molar refractivity (Wildman–Crippen MR) is 77.8 cm³/mol.